The molecule has 0 unspecified atom stereocenters. The molecule has 2 aliphatic rings. The second kappa shape index (κ2) is 9.20. The van der Waals surface area contributed by atoms with Crippen LogP contribution in [0.25, 0.3) is 0 Å². The predicted octanol–water partition coefficient (Wildman–Crippen LogP) is -0.432. The minimum Gasteiger partial charge on any atom is -0.544 e. The fourth-order valence-electron chi connectivity index (χ4n) is 4.57. The van der Waals surface area contributed by atoms with Crippen LogP contribution in [0.2, 0.25) is 0 Å². The Morgan fingerprint density at radius 1 is 1.41 bits per heavy atom. The Morgan fingerprint density at radius 2 is 2.06 bits per heavy atom. The van der Waals surface area contributed by atoms with E-state index in [1.807, 2.05) is 6.92 Å². The van der Waals surface area contributed by atoms with Crippen LogP contribution in [0.1, 0.15) is 33.4 Å². The molecule has 3 N–H and O–H groups in total. The van der Waals surface area contributed by atoms with Gasteiger partial charge in [0, 0.05) is 36.5 Å². The van der Waals surface area contributed by atoms with Crippen LogP contribution in [-0.2, 0) is 20.8 Å². The number of ketones is 1. The van der Waals surface area contributed by atoms with Gasteiger partial charge in [-0.05, 0) is 27.7 Å². The van der Waals surface area contributed by atoms with E-state index in [4.69, 9.17) is 0 Å². The zero-order valence-electron chi connectivity index (χ0n) is 20.6. The minimum atomic E-state index is -1.20. The number of aliphatic hydroxyl groups excluding tert-OH is 1. The highest BCUT2D eigenvalue weighted by Crippen LogP contribution is 2.47. The zero-order chi connectivity index (χ0) is 25.6. The lowest BCUT2D eigenvalue weighted by atomic mass is 9.92. The van der Waals surface area contributed by atoms with Crippen molar-refractivity contribution in [3.63, 3.8) is 0 Å². The molecule has 0 spiro atoms. The summed E-state index contributed by atoms with van der Waals surface area (Å²) in [5, 5.41) is 25.6. The third-order valence-electron chi connectivity index (χ3n) is 6.44. The van der Waals surface area contributed by atoms with Gasteiger partial charge in [0.05, 0.1) is 38.5 Å². The number of thioether (sulfide) groups is 1. The van der Waals surface area contributed by atoms with Gasteiger partial charge in [0.2, 0.25) is 5.91 Å². The van der Waals surface area contributed by atoms with Crippen molar-refractivity contribution in [3.8, 4) is 0 Å². The second-order valence-electron chi connectivity index (χ2n) is 10.3. The van der Waals surface area contributed by atoms with Crippen molar-refractivity contribution in [2.45, 2.75) is 68.2 Å². The molecule has 3 heterocycles. The summed E-state index contributed by atoms with van der Waals surface area (Å²) in [4.78, 5) is 46.0. The van der Waals surface area contributed by atoms with E-state index in [-0.39, 0.29) is 28.6 Å². The number of rotatable bonds is 8. The van der Waals surface area contributed by atoms with Gasteiger partial charge >= 0.3 is 0 Å². The molecule has 34 heavy (non-hydrogen) atoms. The number of carboxylic acids is 1. The molecule has 5 atom stereocenters. The second-order valence-corrected chi connectivity index (χ2v) is 11.4. The molecule has 3 rings (SSSR count). The van der Waals surface area contributed by atoms with Crippen LogP contribution in [0, 0.1) is 0 Å². The number of aliphatic hydroxyl groups is 1. The maximum absolute atomic E-state index is 12.9. The third kappa shape index (κ3) is 4.77. The van der Waals surface area contributed by atoms with Crippen molar-refractivity contribution in [2.75, 3.05) is 21.1 Å². The normalized spacial score (nSPS) is 27.3. The number of aliphatic carboxylic acids is 1. The summed E-state index contributed by atoms with van der Waals surface area (Å²) in [6.07, 6.45) is 3.59. The van der Waals surface area contributed by atoms with E-state index in [2.05, 4.69) is 15.3 Å². The first-order chi connectivity index (χ1) is 15.7. The Hall–Kier alpha value is -2.63. The number of nitrogens with zero attached hydrogens (tertiary/aromatic N) is 3. The summed E-state index contributed by atoms with van der Waals surface area (Å²) in [5.74, 6) is -1.39. The molecule has 0 saturated carbocycles. The molecule has 0 aromatic carbocycles. The number of fused-ring (bicyclic) bond motifs is 1. The van der Waals surface area contributed by atoms with Gasteiger partial charge in [-0.25, -0.2) is 4.98 Å². The maximum atomic E-state index is 12.9. The average molecular weight is 492 g/mol. The van der Waals surface area contributed by atoms with E-state index in [9.17, 15) is 24.6 Å². The number of carbonyl (C=O) groups excluding carboxylic acids is 3. The molecular formula is C23H33N5O5S. The molecule has 0 radical (unpaired) electrons. The number of amides is 1. The van der Waals surface area contributed by atoms with E-state index in [0.29, 0.717) is 16.7 Å². The Morgan fingerprint density at radius 3 is 2.62 bits per heavy atom. The average Bonchev–Trinajstić information content (AvgIpc) is 3.29. The maximum Gasteiger partial charge on any atom is 0.249 e. The van der Waals surface area contributed by atoms with E-state index in [1.54, 1.807) is 53.0 Å². The Bertz CT molecular complexity index is 1050. The van der Waals surface area contributed by atoms with Crippen LogP contribution >= 0.6 is 11.8 Å². The van der Waals surface area contributed by atoms with Crippen LogP contribution in [0.4, 0.5) is 0 Å². The number of H-pyrrole nitrogens is 1. The Kier molecular flexibility index (Phi) is 7.03. The minimum absolute atomic E-state index is 0.200. The summed E-state index contributed by atoms with van der Waals surface area (Å²) < 4.78 is 0.200. The van der Waals surface area contributed by atoms with Crippen molar-refractivity contribution < 1.29 is 29.1 Å². The van der Waals surface area contributed by atoms with Gasteiger partial charge < -0.3 is 34.7 Å². The molecule has 1 aromatic heterocycles. The highest BCUT2D eigenvalue weighted by molar-refractivity contribution is 7.99. The van der Waals surface area contributed by atoms with Gasteiger partial charge in [-0.3, -0.25) is 9.59 Å². The van der Waals surface area contributed by atoms with Crippen molar-refractivity contribution >= 4 is 29.4 Å². The van der Waals surface area contributed by atoms with Crippen LogP contribution in [0.5, 0.6) is 0 Å². The number of carboxylic acid groups (broad SMARTS) is 1. The number of quaternary nitrogens is 1. The Labute approximate surface area is 203 Å². The van der Waals surface area contributed by atoms with Crippen LogP contribution in [0.15, 0.2) is 34.9 Å². The number of imidazole rings is 1. The lowest BCUT2D eigenvalue weighted by Crippen LogP contribution is -2.55. The van der Waals surface area contributed by atoms with Crippen molar-refractivity contribution in [2.24, 2.45) is 0 Å². The molecule has 1 saturated heterocycles. The van der Waals surface area contributed by atoms with Crippen LogP contribution in [-0.4, -0.2) is 92.2 Å². The summed E-state index contributed by atoms with van der Waals surface area (Å²) in [7, 11) is 5.36. The first kappa shape index (κ1) is 26.0. The lowest BCUT2D eigenvalue weighted by Gasteiger charge is -2.34. The SMILES string of the molecule is CC(C)=CC(=O)NC1=CC(=O)[C@]2(C)[C@H](O)[C@@H](Sc3ncc(C[C@@H](C(=O)[O-])[N+](C)(C)C)[nH]3)[C@H](C)N12. The Balaban J connectivity index is 1.78. The van der Waals surface area contributed by atoms with E-state index < -0.39 is 28.9 Å². The van der Waals surface area contributed by atoms with Crippen LogP contribution < -0.4 is 10.4 Å². The fraction of sp³-hybridized carbons (Fsp3) is 0.565. The number of hydrogen-bond acceptors (Lipinski definition) is 8. The van der Waals surface area contributed by atoms with Gasteiger partial charge in [-0.15, -0.1) is 0 Å². The standard InChI is InChI=1S/C23H33N5O5S/c1-12(2)8-18(30)26-17-10-16(29)23(4)20(31)19(13(3)27(17)23)34-22-24-11-14(25-22)9-15(21(32)33)28(5,6)7/h8,10-11,13,15,19-20,31H,9H2,1-7H3,(H2-,24,25,26,29,30,32,33)/t13-,15-,19-,20+,23+/m0/s1. The molecule has 0 bridgehead atoms. The summed E-state index contributed by atoms with van der Waals surface area (Å²) >= 11 is 1.29. The van der Waals surface area contributed by atoms with Crippen molar-refractivity contribution in [3.05, 3.63) is 35.4 Å². The quantitative estimate of drug-likeness (QED) is 0.329. The summed E-state index contributed by atoms with van der Waals surface area (Å²) in [6.45, 7) is 7.17. The number of hydrogen-bond donors (Lipinski definition) is 3. The molecule has 10 nitrogen and oxygen atoms in total. The lowest BCUT2D eigenvalue weighted by molar-refractivity contribution is -0.889. The van der Waals surface area contributed by atoms with E-state index in [1.165, 1.54) is 23.9 Å². The zero-order valence-corrected chi connectivity index (χ0v) is 21.4. The number of aromatic amines is 1. The van der Waals surface area contributed by atoms with Gasteiger partial charge in [-0.2, -0.15) is 0 Å². The van der Waals surface area contributed by atoms with Gasteiger partial charge in [0.15, 0.2) is 10.9 Å². The molecule has 186 valence electrons. The fourth-order valence-corrected chi connectivity index (χ4v) is 5.84. The monoisotopic (exact) mass is 491 g/mol. The number of likely N-dealkylation sites (N-methyl/N-ethyl adjacent to an activating group) is 1. The number of nitrogens with one attached hydrogen (secondary N) is 2. The van der Waals surface area contributed by atoms with Crippen molar-refractivity contribution in [1.29, 1.82) is 0 Å². The molecular weight excluding hydrogens is 458 g/mol. The third-order valence-corrected chi connectivity index (χ3v) is 7.80. The van der Waals surface area contributed by atoms with Gasteiger partial charge in [0.1, 0.15) is 17.4 Å². The molecule has 1 amide bonds. The largest absolute Gasteiger partial charge is 0.544 e. The molecule has 1 aromatic rings. The van der Waals surface area contributed by atoms with Gasteiger partial charge in [-0.1, -0.05) is 17.3 Å². The predicted molar refractivity (Wildman–Crippen MR) is 125 cm³/mol. The van der Waals surface area contributed by atoms with Gasteiger partial charge in [0.25, 0.3) is 0 Å². The highest BCUT2D eigenvalue weighted by atomic mass is 32.2. The van der Waals surface area contributed by atoms with Crippen LogP contribution in [0.3, 0.4) is 0 Å². The number of allylic oxidation sites excluding steroid dienone is 1. The van der Waals surface area contributed by atoms with E-state index in [0.717, 1.165) is 5.57 Å². The van der Waals surface area contributed by atoms with Crippen molar-refractivity contribution in [1.82, 2.24) is 20.2 Å². The summed E-state index contributed by atoms with van der Waals surface area (Å²) in [6, 6.07) is -1.06. The topological polar surface area (TPSA) is 138 Å². The molecule has 1 fully saturated rings. The smallest absolute Gasteiger partial charge is 0.249 e. The molecule has 2 aliphatic heterocycles. The first-order valence-corrected chi connectivity index (χ1v) is 12.0. The summed E-state index contributed by atoms with van der Waals surface area (Å²) in [5.41, 5.74) is 0.263. The molecule has 0 aliphatic carbocycles. The number of carbonyl (C=O) groups is 3. The number of aromatic nitrogens is 2. The van der Waals surface area contributed by atoms with E-state index >= 15 is 0 Å². The highest BCUT2D eigenvalue weighted by Gasteiger charge is 2.62. The molecule has 11 heteroatoms. The first-order valence-electron chi connectivity index (χ1n) is 11.1.